The van der Waals surface area contributed by atoms with Gasteiger partial charge in [-0.05, 0) is 37.1 Å². The number of benzene rings is 2. The number of nitrogens with two attached hydrogens (primary N) is 1. The third-order valence-corrected chi connectivity index (χ3v) is 7.06. The monoisotopic (exact) mass is 429 g/mol. The first kappa shape index (κ1) is 18.2. The SMILES string of the molecule is N#CC1=C(N)O[C@]23c4ccccc4C(=O)[C@]12C1=C(CCCC1=O)N3c1ccc(Cl)cc1. The van der Waals surface area contributed by atoms with Crippen LogP contribution in [0.1, 0.15) is 35.2 Å². The van der Waals surface area contributed by atoms with Gasteiger partial charge < -0.3 is 15.4 Å². The molecule has 7 heteroatoms. The number of fused-ring (bicyclic) bond motifs is 1. The predicted molar refractivity (Wildman–Crippen MR) is 113 cm³/mol. The van der Waals surface area contributed by atoms with Crippen LogP contribution in [0, 0.1) is 16.7 Å². The Morgan fingerprint density at radius 2 is 1.84 bits per heavy atom. The van der Waals surface area contributed by atoms with Crippen LogP contribution in [0.5, 0.6) is 0 Å². The van der Waals surface area contributed by atoms with E-state index < -0.39 is 11.1 Å². The largest absolute Gasteiger partial charge is 0.446 e. The Hall–Kier alpha value is -3.56. The molecule has 2 aliphatic heterocycles. The molecule has 31 heavy (non-hydrogen) atoms. The molecular weight excluding hydrogens is 414 g/mol. The quantitative estimate of drug-likeness (QED) is 0.737. The third-order valence-electron chi connectivity index (χ3n) is 6.81. The van der Waals surface area contributed by atoms with Crippen molar-refractivity contribution in [1.29, 1.82) is 5.26 Å². The zero-order chi connectivity index (χ0) is 21.5. The number of hydrogen-bond acceptors (Lipinski definition) is 6. The summed E-state index contributed by atoms with van der Waals surface area (Å²) >= 11 is 6.13. The molecule has 152 valence electrons. The van der Waals surface area contributed by atoms with Gasteiger partial charge in [0, 0.05) is 39.5 Å². The first-order valence-corrected chi connectivity index (χ1v) is 10.4. The Morgan fingerprint density at radius 1 is 1.10 bits per heavy atom. The van der Waals surface area contributed by atoms with E-state index in [1.807, 2.05) is 29.2 Å². The summed E-state index contributed by atoms with van der Waals surface area (Å²) in [7, 11) is 0. The maximum atomic E-state index is 14.1. The van der Waals surface area contributed by atoms with Crippen LogP contribution in [-0.4, -0.2) is 11.6 Å². The number of ketones is 2. The van der Waals surface area contributed by atoms with Crippen LogP contribution >= 0.6 is 11.6 Å². The van der Waals surface area contributed by atoms with Crippen molar-refractivity contribution in [3.05, 3.63) is 87.4 Å². The maximum absolute atomic E-state index is 14.1. The van der Waals surface area contributed by atoms with Crippen LogP contribution in [0.3, 0.4) is 0 Å². The molecule has 0 saturated heterocycles. The number of carbonyl (C=O) groups excluding carboxylic acids is 2. The molecule has 2 aliphatic carbocycles. The Kier molecular flexibility index (Phi) is 3.40. The zero-order valence-corrected chi connectivity index (χ0v) is 17.1. The van der Waals surface area contributed by atoms with Gasteiger partial charge in [-0.25, -0.2) is 0 Å². The number of nitriles is 1. The Bertz CT molecular complexity index is 1320. The van der Waals surface area contributed by atoms with E-state index in [0.29, 0.717) is 52.4 Å². The maximum Gasteiger partial charge on any atom is 0.238 e. The van der Waals surface area contributed by atoms with E-state index in [4.69, 9.17) is 22.1 Å². The van der Waals surface area contributed by atoms with Crippen LogP contribution in [-0.2, 0) is 15.3 Å². The average molecular weight is 430 g/mol. The molecule has 0 spiro atoms. The minimum atomic E-state index is -1.61. The summed E-state index contributed by atoms with van der Waals surface area (Å²) in [6.07, 6.45) is 1.56. The van der Waals surface area contributed by atoms with E-state index in [2.05, 4.69) is 6.07 Å². The fraction of sp³-hybridized carbons (Fsp3) is 0.208. The second-order valence-electron chi connectivity index (χ2n) is 8.13. The normalized spacial score (nSPS) is 28.2. The molecule has 0 fully saturated rings. The lowest BCUT2D eigenvalue weighted by Gasteiger charge is -2.41. The van der Waals surface area contributed by atoms with Gasteiger partial charge >= 0.3 is 0 Å². The summed E-state index contributed by atoms with van der Waals surface area (Å²) < 4.78 is 6.34. The Morgan fingerprint density at radius 3 is 2.58 bits per heavy atom. The molecule has 0 unspecified atom stereocenters. The molecule has 2 N–H and O–H groups in total. The molecule has 6 nitrogen and oxygen atoms in total. The van der Waals surface area contributed by atoms with Crippen molar-refractivity contribution in [2.75, 3.05) is 4.90 Å². The third kappa shape index (κ3) is 1.81. The number of halogens is 1. The van der Waals surface area contributed by atoms with E-state index in [1.165, 1.54) is 0 Å². The molecule has 2 atom stereocenters. The summed E-state index contributed by atoms with van der Waals surface area (Å²) in [6, 6.07) is 16.4. The lowest BCUT2D eigenvalue weighted by Crippen LogP contribution is -2.52. The van der Waals surface area contributed by atoms with E-state index in [1.54, 1.807) is 24.3 Å². The zero-order valence-electron chi connectivity index (χ0n) is 16.3. The minimum Gasteiger partial charge on any atom is -0.446 e. The van der Waals surface area contributed by atoms with Crippen LogP contribution < -0.4 is 10.6 Å². The minimum absolute atomic E-state index is 0.00733. The van der Waals surface area contributed by atoms with Crippen molar-refractivity contribution in [1.82, 2.24) is 0 Å². The fourth-order valence-electron chi connectivity index (χ4n) is 5.82. The lowest BCUT2D eigenvalue weighted by molar-refractivity contribution is -0.117. The van der Waals surface area contributed by atoms with Gasteiger partial charge in [0.15, 0.2) is 17.0 Å². The molecule has 0 radical (unpaired) electrons. The number of carbonyl (C=O) groups is 2. The number of nitrogens with zero attached hydrogens (tertiary/aromatic N) is 2. The number of hydrogen-bond donors (Lipinski definition) is 1. The van der Waals surface area contributed by atoms with Crippen molar-refractivity contribution in [3.8, 4) is 6.07 Å². The lowest BCUT2D eigenvalue weighted by atomic mass is 9.66. The molecule has 6 rings (SSSR count). The number of rotatable bonds is 1. The van der Waals surface area contributed by atoms with Gasteiger partial charge in [0.05, 0.1) is 0 Å². The van der Waals surface area contributed by atoms with Gasteiger partial charge in [0.2, 0.25) is 11.6 Å². The number of anilines is 1. The Balaban J connectivity index is 1.79. The van der Waals surface area contributed by atoms with Crippen molar-refractivity contribution in [3.63, 3.8) is 0 Å². The second-order valence-corrected chi connectivity index (χ2v) is 8.57. The van der Waals surface area contributed by atoms with Gasteiger partial charge in [-0.2, -0.15) is 5.26 Å². The number of ether oxygens (including phenoxy) is 1. The highest BCUT2D eigenvalue weighted by molar-refractivity contribution is 6.30. The predicted octanol–water partition coefficient (Wildman–Crippen LogP) is 3.93. The van der Waals surface area contributed by atoms with E-state index in [0.717, 1.165) is 0 Å². The summed E-state index contributed by atoms with van der Waals surface area (Å²) in [5.74, 6) is -0.581. The molecule has 2 aromatic carbocycles. The van der Waals surface area contributed by atoms with Gasteiger partial charge in [-0.1, -0.05) is 35.9 Å². The van der Waals surface area contributed by atoms with Crippen molar-refractivity contribution >= 4 is 28.9 Å². The Labute approximate surface area is 183 Å². The van der Waals surface area contributed by atoms with Crippen LogP contribution in [0.25, 0.3) is 0 Å². The smallest absolute Gasteiger partial charge is 0.238 e. The number of Topliss-reactive ketones (excluding diaryl/α,β-unsaturated/α-hetero) is 2. The highest BCUT2D eigenvalue weighted by Gasteiger charge is 2.81. The number of allylic oxidation sites excluding steroid dienone is 1. The van der Waals surface area contributed by atoms with Crippen molar-refractivity contribution in [2.24, 2.45) is 11.1 Å². The van der Waals surface area contributed by atoms with Gasteiger partial charge in [-0.3, -0.25) is 9.59 Å². The van der Waals surface area contributed by atoms with Crippen molar-refractivity contribution < 1.29 is 14.3 Å². The molecule has 0 aromatic heterocycles. The topological polar surface area (TPSA) is 96.4 Å². The van der Waals surface area contributed by atoms with Gasteiger partial charge in [0.1, 0.15) is 11.6 Å². The summed E-state index contributed by atoms with van der Waals surface area (Å²) in [5, 5.41) is 10.7. The fourth-order valence-corrected chi connectivity index (χ4v) is 5.95. The molecule has 0 saturated carbocycles. The molecule has 0 bridgehead atoms. The standard InChI is InChI=1S/C24H16ClN3O3/c25-13-8-10-14(11-9-13)28-18-6-3-7-19(29)20(18)23-17(12-26)22(27)31-24(23,28)16-5-2-1-4-15(16)21(23)30/h1-2,4-5,8-11H,3,6-7,27H2/t23-,24-/m1/s1. The van der Waals surface area contributed by atoms with Crippen molar-refractivity contribution in [2.45, 2.75) is 25.0 Å². The second kappa shape index (κ2) is 5.77. The summed E-state index contributed by atoms with van der Waals surface area (Å²) in [6.45, 7) is 0. The van der Waals surface area contributed by atoms with E-state index >= 15 is 0 Å². The molecule has 2 aromatic rings. The van der Waals surface area contributed by atoms with Crippen LogP contribution in [0.15, 0.2) is 71.3 Å². The first-order chi connectivity index (χ1) is 15.0. The molecule has 4 aliphatic rings. The summed E-state index contributed by atoms with van der Waals surface area (Å²) in [5.41, 5.74) is 5.96. The summed E-state index contributed by atoms with van der Waals surface area (Å²) in [4.78, 5) is 29.3. The molecular formula is C24H16ClN3O3. The molecule has 2 heterocycles. The van der Waals surface area contributed by atoms with E-state index in [9.17, 15) is 14.9 Å². The van der Waals surface area contributed by atoms with Gasteiger partial charge in [0.25, 0.3) is 0 Å². The van der Waals surface area contributed by atoms with E-state index in [-0.39, 0.29) is 23.0 Å². The van der Waals surface area contributed by atoms with Crippen LogP contribution in [0.4, 0.5) is 5.69 Å². The first-order valence-electron chi connectivity index (χ1n) is 10.0. The highest BCUT2D eigenvalue weighted by atomic mass is 35.5. The molecule has 0 amide bonds. The highest BCUT2D eigenvalue weighted by Crippen LogP contribution is 2.72. The van der Waals surface area contributed by atoms with Crippen LogP contribution in [0.2, 0.25) is 5.02 Å². The van der Waals surface area contributed by atoms with Gasteiger partial charge in [-0.15, -0.1) is 0 Å². The average Bonchev–Trinajstić information content (AvgIpc) is 3.26.